The van der Waals surface area contributed by atoms with Crippen molar-refractivity contribution < 1.29 is 13.2 Å². The van der Waals surface area contributed by atoms with Gasteiger partial charge in [-0.3, -0.25) is 4.98 Å². The highest BCUT2D eigenvalue weighted by Crippen LogP contribution is 2.24. The highest BCUT2D eigenvalue weighted by atomic mass is 19.4. The summed E-state index contributed by atoms with van der Waals surface area (Å²) < 4.78 is 38.5. The van der Waals surface area contributed by atoms with Crippen LogP contribution in [0.3, 0.4) is 0 Å². The van der Waals surface area contributed by atoms with Crippen molar-refractivity contribution >= 4 is 11.0 Å². The van der Waals surface area contributed by atoms with Gasteiger partial charge in [0.25, 0.3) is 0 Å². The van der Waals surface area contributed by atoms with Crippen molar-refractivity contribution in [1.82, 2.24) is 19.9 Å². The highest BCUT2D eigenvalue weighted by Gasteiger charge is 2.27. The maximum absolute atomic E-state index is 12.2. The van der Waals surface area contributed by atoms with Gasteiger partial charge in [-0.05, 0) is 26.8 Å². The lowest BCUT2D eigenvalue weighted by molar-refractivity contribution is -0.125. The van der Waals surface area contributed by atoms with Crippen molar-refractivity contribution in [1.29, 1.82) is 0 Å². The van der Waals surface area contributed by atoms with Crippen molar-refractivity contribution in [3.63, 3.8) is 0 Å². The molecular formula is C13H17F3N4. The van der Waals surface area contributed by atoms with E-state index in [1.165, 1.54) is 0 Å². The number of imidazole rings is 1. The van der Waals surface area contributed by atoms with Crippen molar-refractivity contribution in [2.75, 3.05) is 6.54 Å². The Bertz CT molecular complexity index is 596. The smallest absolute Gasteiger partial charge is 0.321 e. The molecule has 0 radical (unpaired) electrons. The van der Waals surface area contributed by atoms with E-state index in [4.69, 9.17) is 0 Å². The predicted molar refractivity (Wildman–Crippen MR) is 70.3 cm³/mol. The average molecular weight is 286 g/mol. The van der Waals surface area contributed by atoms with Gasteiger partial charge in [0.15, 0.2) is 0 Å². The Morgan fingerprint density at radius 3 is 2.55 bits per heavy atom. The third kappa shape index (κ3) is 3.27. The molecule has 0 fully saturated rings. The predicted octanol–water partition coefficient (Wildman–Crippen LogP) is 2.84. The van der Waals surface area contributed by atoms with Crippen LogP contribution in [0.4, 0.5) is 13.2 Å². The van der Waals surface area contributed by atoms with Crippen LogP contribution in [0.1, 0.15) is 26.6 Å². The van der Waals surface area contributed by atoms with Gasteiger partial charge >= 0.3 is 6.18 Å². The van der Waals surface area contributed by atoms with Gasteiger partial charge in [0.1, 0.15) is 11.3 Å². The first kappa shape index (κ1) is 14.8. The molecule has 0 unspecified atom stereocenters. The molecule has 0 aromatic carbocycles. The zero-order chi connectivity index (χ0) is 15.0. The van der Waals surface area contributed by atoms with Gasteiger partial charge in [0, 0.05) is 11.7 Å². The van der Waals surface area contributed by atoms with Gasteiger partial charge in [0.05, 0.1) is 24.8 Å². The Hall–Kier alpha value is -1.63. The molecule has 0 aliphatic heterocycles. The number of alkyl halides is 3. The molecule has 0 spiro atoms. The van der Waals surface area contributed by atoms with Gasteiger partial charge < -0.3 is 9.88 Å². The van der Waals surface area contributed by atoms with E-state index in [-0.39, 0.29) is 12.1 Å². The second kappa shape index (κ2) is 5.05. The van der Waals surface area contributed by atoms with E-state index in [1.54, 1.807) is 12.4 Å². The summed E-state index contributed by atoms with van der Waals surface area (Å²) in [4.78, 5) is 8.36. The van der Waals surface area contributed by atoms with Crippen LogP contribution in [0.25, 0.3) is 11.0 Å². The number of nitrogens with zero attached hydrogens (tertiary/aromatic N) is 3. The number of nitrogens with one attached hydrogen (secondary N) is 1. The SMILES string of the molecule is CC(C)(C)n1c(CNCC(F)(F)F)nc2cnccc21. The molecular weight excluding hydrogens is 269 g/mol. The number of halogens is 3. The van der Waals surface area contributed by atoms with Gasteiger partial charge in [-0.1, -0.05) is 0 Å². The van der Waals surface area contributed by atoms with E-state index in [0.717, 1.165) is 5.52 Å². The Kier molecular flexibility index (Phi) is 3.73. The molecule has 2 heterocycles. The standard InChI is InChI=1S/C13H17F3N4/c1-12(2,3)20-10-4-5-17-6-9(10)19-11(20)7-18-8-13(14,15)16/h4-6,18H,7-8H2,1-3H3. The number of rotatable bonds is 3. The fourth-order valence-corrected chi connectivity index (χ4v) is 2.17. The molecule has 110 valence electrons. The van der Waals surface area contributed by atoms with Crippen LogP contribution in [0, 0.1) is 0 Å². The summed E-state index contributed by atoms with van der Waals surface area (Å²) in [5.74, 6) is 0.574. The zero-order valence-electron chi connectivity index (χ0n) is 11.6. The minimum Gasteiger partial charge on any atom is -0.321 e. The second-order valence-corrected chi connectivity index (χ2v) is 5.62. The van der Waals surface area contributed by atoms with Crippen molar-refractivity contribution in [2.24, 2.45) is 0 Å². The van der Waals surface area contributed by atoms with E-state index in [2.05, 4.69) is 15.3 Å². The molecule has 2 aromatic rings. The molecule has 0 bridgehead atoms. The summed E-state index contributed by atoms with van der Waals surface area (Å²) >= 11 is 0. The summed E-state index contributed by atoms with van der Waals surface area (Å²) in [5.41, 5.74) is 1.29. The molecule has 1 N–H and O–H groups in total. The van der Waals surface area contributed by atoms with Crippen LogP contribution in [0.2, 0.25) is 0 Å². The monoisotopic (exact) mass is 286 g/mol. The number of aromatic nitrogens is 3. The summed E-state index contributed by atoms with van der Waals surface area (Å²) in [7, 11) is 0. The molecule has 0 aliphatic carbocycles. The molecule has 0 saturated carbocycles. The molecule has 2 rings (SSSR count). The molecule has 0 amide bonds. The Morgan fingerprint density at radius 1 is 1.25 bits per heavy atom. The normalized spacial score (nSPS) is 13.1. The average Bonchev–Trinajstić information content (AvgIpc) is 2.64. The summed E-state index contributed by atoms with van der Waals surface area (Å²) in [6.45, 7) is 5.00. The second-order valence-electron chi connectivity index (χ2n) is 5.62. The molecule has 0 saturated heterocycles. The van der Waals surface area contributed by atoms with E-state index < -0.39 is 12.7 Å². The number of fused-ring (bicyclic) bond motifs is 1. The van der Waals surface area contributed by atoms with Gasteiger partial charge in [-0.2, -0.15) is 13.2 Å². The Labute approximate surface area is 115 Å². The van der Waals surface area contributed by atoms with Crippen molar-refractivity contribution in [3.05, 3.63) is 24.3 Å². The van der Waals surface area contributed by atoms with Gasteiger partial charge in [-0.25, -0.2) is 4.98 Å². The summed E-state index contributed by atoms with van der Waals surface area (Å²) in [5, 5.41) is 2.39. The molecule has 0 aliphatic rings. The molecule has 4 nitrogen and oxygen atoms in total. The summed E-state index contributed by atoms with van der Waals surface area (Å²) in [6, 6.07) is 1.82. The van der Waals surface area contributed by atoms with E-state index in [1.807, 2.05) is 31.4 Å². The summed E-state index contributed by atoms with van der Waals surface area (Å²) in [6.07, 6.45) is -0.954. The quantitative estimate of drug-likeness (QED) is 0.943. The minimum absolute atomic E-state index is 0.0610. The minimum atomic E-state index is -4.22. The maximum atomic E-state index is 12.2. The van der Waals surface area contributed by atoms with Crippen LogP contribution in [-0.2, 0) is 12.1 Å². The molecule has 0 atom stereocenters. The van der Waals surface area contributed by atoms with Gasteiger partial charge in [0.2, 0.25) is 0 Å². The first-order valence-corrected chi connectivity index (χ1v) is 6.28. The molecule has 20 heavy (non-hydrogen) atoms. The largest absolute Gasteiger partial charge is 0.401 e. The van der Waals surface area contributed by atoms with E-state index in [0.29, 0.717) is 11.3 Å². The lowest BCUT2D eigenvalue weighted by atomic mass is 10.1. The van der Waals surface area contributed by atoms with Crippen LogP contribution >= 0.6 is 0 Å². The maximum Gasteiger partial charge on any atom is 0.401 e. The fourth-order valence-electron chi connectivity index (χ4n) is 2.17. The lowest BCUT2D eigenvalue weighted by Crippen LogP contribution is -2.31. The van der Waals surface area contributed by atoms with Crippen LogP contribution in [0.15, 0.2) is 18.5 Å². The Balaban J connectivity index is 2.32. The van der Waals surface area contributed by atoms with E-state index >= 15 is 0 Å². The first-order valence-electron chi connectivity index (χ1n) is 6.28. The number of pyridine rings is 1. The fraction of sp³-hybridized carbons (Fsp3) is 0.538. The Morgan fingerprint density at radius 2 is 1.95 bits per heavy atom. The van der Waals surface area contributed by atoms with Crippen molar-refractivity contribution in [3.8, 4) is 0 Å². The third-order valence-corrected chi connectivity index (χ3v) is 2.81. The zero-order valence-corrected chi connectivity index (χ0v) is 11.6. The van der Waals surface area contributed by atoms with Gasteiger partial charge in [-0.15, -0.1) is 0 Å². The third-order valence-electron chi connectivity index (χ3n) is 2.81. The first-order chi connectivity index (χ1) is 9.18. The molecule has 7 heteroatoms. The van der Waals surface area contributed by atoms with E-state index in [9.17, 15) is 13.2 Å². The van der Waals surface area contributed by atoms with Crippen LogP contribution < -0.4 is 5.32 Å². The topological polar surface area (TPSA) is 42.7 Å². The lowest BCUT2D eigenvalue weighted by Gasteiger charge is -2.24. The van der Waals surface area contributed by atoms with Crippen LogP contribution in [0.5, 0.6) is 0 Å². The number of hydrogen-bond acceptors (Lipinski definition) is 3. The van der Waals surface area contributed by atoms with Crippen molar-refractivity contribution in [2.45, 2.75) is 39.0 Å². The highest BCUT2D eigenvalue weighted by molar-refractivity contribution is 5.75. The molecule has 2 aromatic heterocycles. The number of hydrogen-bond donors (Lipinski definition) is 1. The van der Waals surface area contributed by atoms with Crippen LogP contribution in [-0.4, -0.2) is 27.3 Å².